The minimum atomic E-state index is -4.02. The topological polar surface area (TPSA) is 73.2 Å². The van der Waals surface area contributed by atoms with E-state index in [9.17, 15) is 8.42 Å². The molecular weight excluding hydrogens is 469 g/mol. The monoisotopic (exact) mass is 487 g/mol. The molecule has 0 saturated carbocycles. The van der Waals surface area contributed by atoms with Crippen LogP contribution in [0.1, 0.15) is 31.1 Å². The van der Waals surface area contributed by atoms with Crippen molar-refractivity contribution < 1.29 is 13.2 Å². The van der Waals surface area contributed by atoms with Gasteiger partial charge in [-0.3, -0.25) is 4.57 Å². The van der Waals surface area contributed by atoms with Gasteiger partial charge in [0.15, 0.2) is 0 Å². The number of sulfonamides is 1. The highest BCUT2D eigenvalue weighted by Crippen LogP contribution is 2.34. The minimum absolute atomic E-state index is 0.0559. The maximum Gasteiger partial charge on any atom is 0.302 e. The van der Waals surface area contributed by atoms with Crippen LogP contribution in [0, 0.1) is 6.92 Å². The van der Waals surface area contributed by atoms with E-state index in [1.165, 1.54) is 12.1 Å². The number of imidazole rings is 1. The molecule has 0 amide bonds. The highest BCUT2D eigenvalue weighted by atomic mass is 35.5. The van der Waals surface area contributed by atoms with Crippen molar-refractivity contribution in [2.45, 2.75) is 38.3 Å². The van der Waals surface area contributed by atoms with Gasteiger partial charge in [-0.15, -0.1) is 0 Å². The first-order valence-electron chi connectivity index (χ1n) is 9.09. The summed E-state index contributed by atoms with van der Waals surface area (Å²) in [4.78, 5) is 4.09. The summed E-state index contributed by atoms with van der Waals surface area (Å²) in [5.41, 5.74) is 1.74. The first kappa shape index (κ1) is 22.9. The summed E-state index contributed by atoms with van der Waals surface area (Å²) in [6.45, 7) is 6.14. The zero-order valence-electron chi connectivity index (χ0n) is 16.5. The number of rotatable bonds is 7. The third kappa shape index (κ3) is 4.92. The normalized spacial score (nSPS) is 12.7. The molecule has 1 aromatic heterocycles. The van der Waals surface area contributed by atoms with Crippen molar-refractivity contribution in [3.8, 4) is 11.8 Å². The number of ether oxygens (including phenoxy) is 1. The van der Waals surface area contributed by atoms with Crippen molar-refractivity contribution in [1.82, 2.24) is 14.3 Å². The standard InChI is InChI=1S/C20H20Cl3N3O3S/c1-4-26-18(11-24-20(26)29-15-7-5-12(2)6-8-15)13(3)25-30(27,28)19-16(22)9-14(21)10-17(19)23/h5-11,13,25H,4H2,1-3H3. The molecule has 0 aliphatic rings. The van der Waals surface area contributed by atoms with Gasteiger partial charge in [0.2, 0.25) is 10.0 Å². The van der Waals surface area contributed by atoms with E-state index in [0.29, 0.717) is 24.0 Å². The van der Waals surface area contributed by atoms with E-state index in [1.54, 1.807) is 17.7 Å². The van der Waals surface area contributed by atoms with Crippen LogP contribution in [0.25, 0.3) is 0 Å². The second kappa shape index (κ2) is 9.16. The highest BCUT2D eigenvalue weighted by Gasteiger charge is 2.27. The number of nitrogens with zero attached hydrogens (tertiary/aromatic N) is 2. The van der Waals surface area contributed by atoms with Crippen molar-refractivity contribution in [3.63, 3.8) is 0 Å². The average molecular weight is 489 g/mol. The molecule has 0 aliphatic heterocycles. The summed E-state index contributed by atoms with van der Waals surface area (Å²) in [6.07, 6.45) is 1.57. The lowest BCUT2D eigenvalue weighted by molar-refractivity contribution is 0.408. The molecule has 1 unspecified atom stereocenters. The summed E-state index contributed by atoms with van der Waals surface area (Å²) in [5.74, 6) is 0.639. The number of hydrogen-bond donors (Lipinski definition) is 1. The van der Waals surface area contributed by atoms with Crippen molar-refractivity contribution in [3.05, 3.63) is 68.9 Å². The lowest BCUT2D eigenvalue weighted by atomic mass is 10.2. The molecular formula is C20H20Cl3N3O3S. The molecule has 160 valence electrons. The Hall–Kier alpha value is -1.77. The fraction of sp³-hybridized carbons (Fsp3) is 0.250. The summed E-state index contributed by atoms with van der Waals surface area (Å²) < 4.78 is 36.1. The predicted molar refractivity (Wildman–Crippen MR) is 119 cm³/mol. The van der Waals surface area contributed by atoms with Gasteiger partial charge in [0.25, 0.3) is 0 Å². The molecule has 6 nitrogen and oxygen atoms in total. The van der Waals surface area contributed by atoms with Crippen LogP contribution in [0.15, 0.2) is 47.5 Å². The fourth-order valence-electron chi connectivity index (χ4n) is 2.97. The maximum atomic E-state index is 12.9. The SMILES string of the molecule is CCn1c(C(C)NS(=O)(=O)c2c(Cl)cc(Cl)cc2Cl)cnc1Oc1ccc(C)cc1. The lowest BCUT2D eigenvalue weighted by Gasteiger charge is -2.18. The van der Waals surface area contributed by atoms with Gasteiger partial charge in [0.1, 0.15) is 10.6 Å². The number of nitrogens with one attached hydrogen (secondary N) is 1. The highest BCUT2D eigenvalue weighted by molar-refractivity contribution is 7.89. The molecule has 0 bridgehead atoms. The van der Waals surface area contributed by atoms with E-state index >= 15 is 0 Å². The van der Waals surface area contributed by atoms with Gasteiger partial charge in [-0.25, -0.2) is 18.1 Å². The van der Waals surface area contributed by atoms with Crippen LogP contribution in [0.4, 0.5) is 0 Å². The Morgan fingerprint density at radius 1 is 1.13 bits per heavy atom. The van der Waals surface area contributed by atoms with Crippen LogP contribution < -0.4 is 9.46 Å². The smallest absolute Gasteiger partial charge is 0.302 e. The number of benzene rings is 2. The van der Waals surface area contributed by atoms with Crippen molar-refractivity contribution in [2.24, 2.45) is 0 Å². The second-order valence-electron chi connectivity index (χ2n) is 6.67. The Bertz CT molecular complexity index is 1140. The Balaban J connectivity index is 1.87. The number of aromatic nitrogens is 2. The number of hydrogen-bond acceptors (Lipinski definition) is 4. The first-order valence-corrected chi connectivity index (χ1v) is 11.7. The van der Waals surface area contributed by atoms with E-state index in [4.69, 9.17) is 39.5 Å². The van der Waals surface area contributed by atoms with Crippen LogP contribution in [-0.4, -0.2) is 18.0 Å². The first-order chi connectivity index (χ1) is 14.1. The summed E-state index contributed by atoms with van der Waals surface area (Å²) in [5, 5.41) is 0.137. The maximum absolute atomic E-state index is 12.9. The molecule has 10 heteroatoms. The molecule has 0 spiro atoms. The molecule has 30 heavy (non-hydrogen) atoms. The van der Waals surface area contributed by atoms with Gasteiger partial charge in [-0.05, 0) is 45.0 Å². The molecule has 3 rings (SSSR count). The zero-order valence-corrected chi connectivity index (χ0v) is 19.6. The Morgan fingerprint density at radius 3 is 2.30 bits per heavy atom. The van der Waals surface area contributed by atoms with E-state index < -0.39 is 16.1 Å². The fourth-order valence-corrected chi connectivity index (χ4v) is 5.73. The van der Waals surface area contributed by atoms with Crippen molar-refractivity contribution in [2.75, 3.05) is 0 Å². The van der Waals surface area contributed by atoms with E-state index in [1.807, 2.05) is 38.1 Å². The molecule has 1 atom stereocenters. The largest absolute Gasteiger partial charge is 0.426 e. The van der Waals surface area contributed by atoms with Crippen LogP contribution in [0.2, 0.25) is 15.1 Å². The summed E-state index contributed by atoms with van der Waals surface area (Å²) in [7, 11) is -4.02. The molecule has 0 fully saturated rings. The Kier molecular flexibility index (Phi) is 6.99. The van der Waals surface area contributed by atoms with Gasteiger partial charge >= 0.3 is 6.01 Å². The Labute approximate surface area is 190 Å². The van der Waals surface area contributed by atoms with Crippen LogP contribution in [0.3, 0.4) is 0 Å². The minimum Gasteiger partial charge on any atom is -0.426 e. The molecule has 0 aliphatic carbocycles. The molecule has 0 radical (unpaired) electrons. The third-order valence-corrected chi connectivity index (χ3v) is 7.08. The molecule has 0 saturated heterocycles. The van der Waals surface area contributed by atoms with Gasteiger partial charge < -0.3 is 4.74 Å². The lowest BCUT2D eigenvalue weighted by Crippen LogP contribution is -2.28. The van der Waals surface area contributed by atoms with Crippen LogP contribution >= 0.6 is 34.8 Å². The van der Waals surface area contributed by atoms with Gasteiger partial charge in [0.05, 0.1) is 28.0 Å². The molecule has 1 N–H and O–H groups in total. The van der Waals surface area contributed by atoms with Crippen LogP contribution in [-0.2, 0) is 16.6 Å². The van der Waals surface area contributed by atoms with E-state index in [0.717, 1.165) is 5.56 Å². The van der Waals surface area contributed by atoms with Crippen molar-refractivity contribution in [1.29, 1.82) is 0 Å². The molecule has 3 aromatic rings. The van der Waals surface area contributed by atoms with Gasteiger partial charge in [0, 0.05) is 11.6 Å². The second-order valence-corrected chi connectivity index (χ2v) is 9.57. The predicted octanol–water partition coefficient (Wildman–Crippen LogP) is 6.00. The third-order valence-electron chi connectivity index (χ3n) is 4.40. The van der Waals surface area contributed by atoms with Crippen molar-refractivity contribution >= 4 is 44.8 Å². The number of aryl methyl sites for hydroxylation is 1. The molecule has 2 aromatic carbocycles. The molecule has 1 heterocycles. The quantitative estimate of drug-likeness (QED) is 0.442. The number of halogens is 3. The summed E-state index contributed by atoms with van der Waals surface area (Å²) in [6, 6.07) is 9.97. The summed E-state index contributed by atoms with van der Waals surface area (Å²) >= 11 is 18.1. The van der Waals surface area contributed by atoms with Gasteiger partial charge in [-0.1, -0.05) is 52.5 Å². The van der Waals surface area contributed by atoms with E-state index in [2.05, 4.69) is 9.71 Å². The zero-order chi connectivity index (χ0) is 22.1. The van der Waals surface area contributed by atoms with Crippen LogP contribution in [0.5, 0.6) is 11.8 Å². The average Bonchev–Trinajstić information content (AvgIpc) is 3.04. The van der Waals surface area contributed by atoms with Gasteiger partial charge in [-0.2, -0.15) is 0 Å². The van der Waals surface area contributed by atoms with E-state index in [-0.39, 0.29) is 20.0 Å². The Morgan fingerprint density at radius 2 is 1.73 bits per heavy atom.